The molecule has 0 unspecified atom stereocenters. The maximum absolute atomic E-state index is 13.2. The van der Waals surface area contributed by atoms with Crippen molar-refractivity contribution in [1.82, 2.24) is 19.5 Å². The number of alkyl halides is 2. The number of aromatic nitrogens is 4. The van der Waals surface area contributed by atoms with Crippen LogP contribution >= 0.6 is 11.8 Å². The fourth-order valence-electron chi connectivity index (χ4n) is 2.96. The molecule has 0 saturated carbocycles. The average molecular weight is 471 g/mol. The third kappa shape index (κ3) is 5.50. The van der Waals surface area contributed by atoms with Gasteiger partial charge in [-0.05, 0) is 54.1 Å². The highest BCUT2D eigenvalue weighted by molar-refractivity contribution is 7.98. The molecule has 2 heterocycles. The Morgan fingerprint density at radius 1 is 1.03 bits per heavy atom. The van der Waals surface area contributed by atoms with E-state index in [0.717, 1.165) is 11.3 Å². The van der Waals surface area contributed by atoms with Crippen LogP contribution < -0.4 is 20.3 Å². The molecular weight excluding hydrogens is 452 g/mol. The van der Waals surface area contributed by atoms with Crippen molar-refractivity contribution in [2.45, 2.75) is 17.5 Å². The summed E-state index contributed by atoms with van der Waals surface area (Å²) in [6.45, 7) is -2.91. The highest BCUT2D eigenvalue weighted by atomic mass is 32.2. The molecule has 0 aliphatic carbocycles. The molecule has 0 fully saturated rings. The Bertz CT molecular complexity index is 1260. The van der Waals surface area contributed by atoms with Crippen molar-refractivity contribution >= 4 is 23.3 Å². The van der Waals surface area contributed by atoms with E-state index in [2.05, 4.69) is 20.3 Å². The molecule has 4 aromatic rings. The summed E-state index contributed by atoms with van der Waals surface area (Å²) in [5, 5.41) is 11.6. The topological polar surface area (TPSA) is 83.2 Å². The molecule has 0 amide bonds. The fourth-order valence-corrected chi connectivity index (χ4v) is 3.84. The molecule has 0 spiro atoms. The number of rotatable bonds is 9. The number of anilines is 2. The van der Waals surface area contributed by atoms with Crippen molar-refractivity contribution in [1.29, 1.82) is 0 Å². The number of methoxy groups -OCH3 is 1. The Morgan fingerprint density at radius 2 is 1.79 bits per heavy atom. The van der Waals surface area contributed by atoms with E-state index < -0.39 is 12.2 Å². The van der Waals surface area contributed by atoms with Gasteiger partial charge in [-0.2, -0.15) is 13.5 Å². The van der Waals surface area contributed by atoms with Crippen LogP contribution in [0.15, 0.2) is 83.0 Å². The van der Waals surface area contributed by atoms with E-state index in [1.807, 2.05) is 24.3 Å². The van der Waals surface area contributed by atoms with E-state index in [4.69, 9.17) is 4.74 Å². The normalized spacial score (nSPS) is 10.9. The van der Waals surface area contributed by atoms with Gasteiger partial charge >= 0.3 is 12.2 Å². The first-order valence-corrected chi connectivity index (χ1v) is 10.7. The minimum atomic E-state index is -2.91. The zero-order chi connectivity index (χ0) is 23.2. The molecule has 8 nitrogen and oxygen atoms in total. The number of benzene rings is 2. The van der Waals surface area contributed by atoms with Crippen molar-refractivity contribution in [2.75, 3.05) is 12.4 Å². The molecule has 0 aliphatic heterocycles. The van der Waals surface area contributed by atoms with Gasteiger partial charge in [-0.25, -0.2) is 0 Å². The Kier molecular flexibility index (Phi) is 6.89. The van der Waals surface area contributed by atoms with Gasteiger partial charge < -0.3 is 14.8 Å². The molecule has 0 saturated heterocycles. The van der Waals surface area contributed by atoms with Gasteiger partial charge in [0.05, 0.1) is 7.11 Å². The van der Waals surface area contributed by atoms with Crippen LogP contribution in [0.5, 0.6) is 11.5 Å². The molecular formula is C22H19F2N5O3S. The maximum Gasteiger partial charge on any atom is 0.387 e. The summed E-state index contributed by atoms with van der Waals surface area (Å²) in [7, 11) is 1.60. The summed E-state index contributed by atoms with van der Waals surface area (Å²) < 4.78 is 37.3. The molecule has 2 aromatic heterocycles. The second-order valence-corrected chi connectivity index (χ2v) is 7.62. The molecule has 1 N–H and O–H groups in total. The van der Waals surface area contributed by atoms with Gasteiger partial charge in [-0.1, -0.05) is 23.9 Å². The quantitative estimate of drug-likeness (QED) is 0.362. The van der Waals surface area contributed by atoms with Gasteiger partial charge in [-0.3, -0.25) is 9.47 Å². The number of halogens is 2. The molecule has 0 bridgehead atoms. The van der Waals surface area contributed by atoms with Gasteiger partial charge in [-0.15, -0.1) is 10.2 Å². The van der Waals surface area contributed by atoms with Gasteiger partial charge in [0, 0.05) is 23.8 Å². The predicted molar refractivity (Wildman–Crippen MR) is 120 cm³/mol. The predicted octanol–water partition coefficient (Wildman–Crippen LogP) is 4.40. The summed E-state index contributed by atoms with van der Waals surface area (Å²) in [5.74, 6) is 1.28. The molecule has 2 aromatic carbocycles. The van der Waals surface area contributed by atoms with E-state index in [0.29, 0.717) is 16.6 Å². The first-order valence-electron chi connectivity index (χ1n) is 9.74. The monoisotopic (exact) mass is 471 g/mol. The molecule has 170 valence electrons. The van der Waals surface area contributed by atoms with Crippen molar-refractivity contribution in [3.8, 4) is 11.5 Å². The minimum absolute atomic E-state index is 0.00989. The summed E-state index contributed by atoms with van der Waals surface area (Å²) >= 11 is 1.35. The third-order valence-corrected chi connectivity index (χ3v) is 5.47. The van der Waals surface area contributed by atoms with Gasteiger partial charge in [0.15, 0.2) is 0 Å². The molecule has 4 rings (SSSR count). The molecule has 11 heteroatoms. The van der Waals surface area contributed by atoms with E-state index >= 15 is 0 Å². The summed E-state index contributed by atoms with van der Waals surface area (Å²) in [6, 6.07) is 16.9. The van der Waals surface area contributed by atoms with E-state index in [1.54, 1.807) is 36.3 Å². The Hall–Kier alpha value is -3.86. The number of thioether (sulfide) groups is 1. The van der Waals surface area contributed by atoms with Crippen LogP contribution in [-0.4, -0.2) is 33.3 Å². The van der Waals surface area contributed by atoms with Gasteiger partial charge in [0.25, 0.3) is 0 Å². The Balaban J connectivity index is 1.60. The molecule has 0 aliphatic rings. The van der Waals surface area contributed by atoms with Crippen LogP contribution in [0.25, 0.3) is 0 Å². The second kappa shape index (κ2) is 10.2. The maximum atomic E-state index is 13.2. The number of nitrogens with zero attached hydrogens (tertiary/aromatic N) is 4. The van der Waals surface area contributed by atoms with Crippen LogP contribution in [0.2, 0.25) is 0 Å². The van der Waals surface area contributed by atoms with E-state index in [9.17, 15) is 13.6 Å². The largest absolute Gasteiger partial charge is 0.497 e. The highest BCUT2D eigenvalue weighted by Gasteiger charge is 2.15. The fraction of sp³-hybridized carbons (Fsp3) is 0.136. The van der Waals surface area contributed by atoms with Crippen LogP contribution in [-0.2, 0) is 5.75 Å². The lowest BCUT2D eigenvalue weighted by molar-refractivity contribution is -0.0498. The van der Waals surface area contributed by atoms with Crippen molar-refractivity contribution < 1.29 is 18.3 Å². The number of nitrogens with one attached hydrogen (secondary N) is 1. The molecule has 0 atom stereocenters. The smallest absolute Gasteiger partial charge is 0.387 e. The molecule has 0 radical (unpaired) electrons. The summed E-state index contributed by atoms with van der Waals surface area (Å²) in [5.41, 5.74) is 1.04. The van der Waals surface area contributed by atoms with Crippen LogP contribution in [0.3, 0.4) is 0 Å². The zero-order valence-electron chi connectivity index (χ0n) is 17.4. The zero-order valence-corrected chi connectivity index (χ0v) is 18.2. The minimum Gasteiger partial charge on any atom is -0.497 e. The lowest BCUT2D eigenvalue weighted by atomic mass is 10.2. The lowest BCUT2D eigenvalue weighted by Gasteiger charge is -2.14. The van der Waals surface area contributed by atoms with Crippen LogP contribution in [0, 0.1) is 0 Å². The van der Waals surface area contributed by atoms with E-state index in [-0.39, 0.29) is 11.6 Å². The lowest BCUT2D eigenvalue weighted by Crippen LogP contribution is -2.30. The van der Waals surface area contributed by atoms with Crippen molar-refractivity contribution in [3.63, 3.8) is 0 Å². The first-order chi connectivity index (χ1) is 16.0. The summed E-state index contributed by atoms with van der Waals surface area (Å²) in [6.07, 6.45) is 3.44. The van der Waals surface area contributed by atoms with Crippen LogP contribution in [0.1, 0.15) is 5.56 Å². The Labute approximate surface area is 191 Å². The average Bonchev–Trinajstić information content (AvgIpc) is 3.34. The summed E-state index contributed by atoms with van der Waals surface area (Å²) in [4.78, 5) is 13.2. The first kappa shape index (κ1) is 22.3. The van der Waals surface area contributed by atoms with Crippen molar-refractivity contribution in [2.24, 2.45) is 0 Å². The molecule has 33 heavy (non-hydrogen) atoms. The third-order valence-electron chi connectivity index (χ3n) is 4.48. The SMILES string of the molecule is COc1cccc(CSc2nnc(Nc3ccc(OC(F)F)cc3)c(=O)n2-n2cccc2)c1. The Morgan fingerprint density at radius 3 is 2.48 bits per heavy atom. The van der Waals surface area contributed by atoms with Crippen LogP contribution in [0.4, 0.5) is 20.3 Å². The van der Waals surface area contributed by atoms with Gasteiger partial charge in [0.1, 0.15) is 11.5 Å². The highest BCUT2D eigenvalue weighted by Crippen LogP contribution is 2.24. The van der Waals surface area contributed by atoms with E-state index in [1.165, 1.54) is 40.7 Å². The van der Waals surface area contributed by atoms with Gasteiger partial charge in [0.2, 0.25) is 11.0 Å². The van der Waals surface area contributed by atoms with Crippen molar-refractivity contribution in [3.05, 3.63) is 89.0 Å². The number of hydrogen-bond donors (Lipinski definition) is 1. The number of hydrogen-bond acceptors (Lipinski definition) is 7. The second-order valence-electron chi connectivity index (χ2n) is 6.68. The number of ether oxygens (including phenoxy) is 2. The standard InChI is InChI=1S/C22H19F2N5O3S/c1-31-18-6-4-5-15(13-18)14-33-22-27-26-19(20(30)29(22)28-11-2-3-12-28)25-16-7-9-17(10-8-16)32-21(23)24/h2-13,21H,14H2,1H3,(H,25,26).